The Kier molecular flexibility index (Phi) is 5.71. The normalized spacial score (nSPS) is 17.9. The molecular formula is C12H19N3O2S3. The predicted octanol–water partition coefficient (Wildman–Crippen LogP) is 2.73. The number of nitrogens with one attached hydrogen (secondary N) is 1. The van der Waals surface area contributed by atoms with Crippen LogP contribution in [0, 0.1) is 0 Å². The van der Waals surface area contributed by atoms with E-state index in [4.69, 9.17) is 0 Å². The zero-order valence-corrected chi connectivity index (χ0v) is 14.0. The van der Waals surface area contributed by atoms with Crippen LogP contribution in [-0.2, 0) is 4.79 Å². The highest BCUT2D eigenvalue weighted by Crippen LogP contribution is 2.29. The van der Waals surface area contributed by atoms with E-state index in [0.29, 0.717) is 12.5 Å². The van der Waals surface area contributed by atoms with Crippen LogP contribution < -0.4 is 5.32 Å². The van der Waals surface area contributed by atoms with E-state index >= 15 is 0 Å². The van der Waals surface area contributed by atoms with Crippen LogP contribution in [0.3, 0.4) is 0 Å². The lowest BCUT2D eigenvalue weighted by molar-refractivity contribution is -0.144. The van der Waals surface area contributed by atoms with Gasteiger partial charge in [0, 0.05) is 11.8 Å². The zero-order chi connectivity index (χ0) is 14.6. The molecule has 1 aromatic heterocycles. The van der Waals surface area contributed by atoms with Gasteiger partial charge in [0.25, 0.3) is 0 Å². The summed E-state index contributed by atoms with van der Waals surface area (Å²) in [6.07, 6.45) is 5.66. The first-order valence-electron chi connectivity index (χ1n) is 6.55. The van der Waals surface area contributed by atoms with Crippen LogP contribution in [0.15, 0.2) is 8.68 Å². The third-order valence-electron chi connectivity index (χ3n) is 3.18. The van der Waals surface area contributed by atoms with Crippen LogP contribution in [0.4, 0.5) is 0 Å². The van der Waals surface area contributed by atoms with E-state index in [1.165, 1.54) is 0 Å². The molecule has 0 bridgehead atoms. The molecule has 1 fully saturated rings. The Balaban J connectivity index is 1.73. The summed E-state index contributed by atoms with van der Waals surface area (Å²) in [4.78, 5) is 11.4. The summed E-state index contributed by atoms with van der Waals surface area (Å²) >= 11 is 4.84. The lowest BCUT2D eigenvalue weighted by Crippen LogP contribution is -2.50. The highest BCUT2D eigenvalue weighted by Gasteiger charge is 2.37. The fraction of sp³-hybridized carbons (Fsp3) is 0.750. The van der Waals surface area contributed by atoms with E-state index in [9.17, 15) is 9.90 Å². The maximum atomic E-state index is 11.4. The Labute approximate surface area is 131 Å². The predicted molar refractivity (Wildman–Crippen MR) is 83.8 cm³/mol. The molecular weight excluding hydrogens is 314 g/mol. The molecule has 1 saturated carbocycles. The molecule has 5 nitrogen and oxygen atoms in total. The van der Waals surface area contributed by atoms with Crippen molar-refractivity contribution in [1.82, 2.24) is 15.5 Å². The van der Waals surface area contributed by atoms with Crippen molar-refractivity contribution in [3.05, 3.63) is 0 Å². The first-order valence-corrected chi connectivity index (χ1v) is 9.57. The second-order valence-corrected chi connectivity index (χ2v) is 8.42. The van der Waals surface area contributed by atoms with Gasteiger partial charge in [0.1, 0.15) is 5.54 Å². The van der Waals surface area contributed by atoms with Crippen LogP contribution in [0.5, 0.6) is 0 Å². The number of nitrogens with zero attached hydrogens (tertiary/aromatic N) is 2. The summed E-state index contributed by atoms with van der Waals surface area (Å²) in [6, 6.07) is 0.399. The summed E-state index contributed by atoms with van der Waals surface area (Å²) in [6.45, 7) is 1.79. The Morgan fingerprint density at radius 1 is 1.50 bits per heavy atom. The molecule has 1 heterocycles. The molecule has 1 unspecified atom stereocenters. The van der Waals surface area contributed by atoms with Crippen LogP contribution >= 0.6 is 34.9 Å². The molecule has 1 aliphatic rings. The van der Waals surface area contributed by atoms with Crippen molar-refractivity contribution in [3.8, 4) is 0 Å². The van der Waals surface area contributed by atoms with Gasteiger partial charge in [0.15, 0.2) is 8.68 Å². The first kappa shape index (κ1) is 16.1. The molecule has 0 saturated heterocycles. The van der Waals surface area contributed by atoms with Gasteiger partial charge in [-0.3, -0.25) is 10.1 Å². The first-order chi connectivity index (χ1) is 9.53. The number of rotatable bonds is 9. The molecule has 112 valence electrons. The molecule has 0 amide bonds. The fourth-order valence-electron chi connectivity index (χ4n) is 1.84. The van der Waals surface area contributed by atoms with E-state index in [2.05, 4.69) is 15.5 Å². The molecule has 1 aromatic rings. The van der Waals surface area contributed by atoms with Crippen LogP contribution in [0.25, 0.3) is 0 Å². The number of carboxylic acid groups (broad SMARTS) is 1. The molecule has 1 atom stereocenters. The molecule has 0 spiro atoms. The van der Waals surface area contributed by atoms with E-state index in [0.717, 1.165) is 33.7 Å². The molecule has 0 aliphatic heterocycles. The topological polar surface area (TPSA) is 75.1 Å². The van der Waals surface area contributed by atoms with Crippen LogP contribution in [-0.4, -0.2) is 44.9 Å². The highest BCUT2D eigenvalue weighted by atomic mass is 32.2. The van der Waals surface area contributed by atoms with Crippen LogP contribution in [0.2, 0.25) is 0 Å². The van der Waals surface area contributed by atoms with Gasteiger partial charge in [0.2, 0.25) is 0 Å². The van der Waals surface area contributed by atoms with Crippen molar-refractivity contribution < 1.29 is 9.90 Å². The number of carbonyl (C=O) groups is 1. The minimum atomic E-state index is -0.798. The van der Waals surface area contributed by atoms with Crippen molar-refractivity contribution in [3.63, 3.8) is 0 Å². The third-order valence-corrected chi connectivity index (χ3v) is 6.30. The Bertz CT molecular complexity index is 465. The Morgan fingerprint density at radius 2 is 2.20 bits per heavy atom. The van der Waals surface area contributed by atoms with Gasteiger partial charge in [-0.2, -0.15) is 0 Å². The summed E-state index contributed by atoms with van der Waals surface area (Å²) in [5, 5.41) is 20.7. The summed E-state index contributed by atoms with van der Waals surface area (Å²) in [7, 11) is 0. The van der Waals surface area contributed by atoms with Crippen LogP contribution in [0.1, 0.15) is 32.6 Å². The number of aromatic nitrogens is 2. The lowest BCUT2D eigenvalue weighted by Gasteiger charge is -2.26. The van der Waals surface area contributed by atoms with E-state index in [-0.39, 0.29) is 0 Å². The van der Waals surface area contributed by atoms with Crippen molar-refractivity contribution in [2.24, 2.45) is 0 Å². The molecule has 0 radical (unpaired) electrons. The molecule has 20 heavy (non-hydrogen) atoms. The Hall–Kier alpha value is -0.310. The zero-order valence-electron chi connectivity index (χ0n) is 11.6. The van der Waals surface area contributed by atoms with Gasteiger partial charge in [-0.05, 0) is 38.9 Å². The number of hydrogen-bond acceptors (Lipinski definition) is 7. The summed E-state index contributed by atoms with van der Waals surface area (Å²) in [5.41, 5.74) is -0.798. The minimum Gasteiger partial charge on any atom is -0.480 e. The Morgan fingerprint density at radius 3 is 2.75 bits per heavy atom. The maximum absolute atomic E-state index is 11.4. The SMILES string of the molecule is CSc1nnc(SCCCC(C)(NC2CC2)C(=O)O)s1. The monoisotopic (exact) mass is 333 g/mol. The second kappa shape index (κ2) is 7.11. The minimum absolute atomic E-state index is 0.399. The van der Waals surface area contributed by atoms with Gasteiger partial charge in [-0.15, -0.1) is 10.2 Å². The molecule has 2 rings (SSSR count). The lowest BCUT2D eigenvalue weighted by atomic mass is 9.96. The van der Waals surface area contributed by atoms with E-state index in [1.54, 1.807) is 41.8 Å². The van der Waals surface area contributed by atoms with Crippen molar-refractivity contribution >= 4 is 40.8 Å². The highest BCUT2D eigenvalue weighted by molar-refractivity contribution is 8.02. The largest absolute Gasteiger partial charge is 0.480 e. The number of thioether (sulfide) groups is 2. The molecule has 1 aliphatic carbocycles. The third kappa shape index (κ3) is 4.61. The van der Waals surface area contributed by atoms with Crippen molar-refractivity contribution in [2.75, 3.05) is 12.0 Å². The van der Waals surface area contributed by atoms with Gasteiger partial charge >= 0.3 is 5.97 Å². The average Bonchev–Trinajstić information content (AvgIpc) is 3.10. The van der Waals surface area contributed by atoms with Gasteiger partial charge in [-0.25, -0.2) is 0 Å². The standard InChI is InChI=1S/C12H19N3O2S3/c1-12(9(16)17,13-8-4-5-8)6-3-7-19-11-15-14-10(18-2)20-11/h8,13H,3-7H2,1-2H3,(H,16,17). The van der Waals surface area contributed by atoms with Crippen molar-refractivity contribution in [2.45, 2.75) is 52.9 Å². The maximum Gasteiger partial charge on any atom is 0.323 e. The average molecular weight is 334 g/mol. The molecule has 8 heteroatoms. The van der Waals surface area contributed by atoms with E-state index in [1.807, 2.05) is 6.26 Å². The van der Waals surface area contributed by atoms with Gasteiger partial charge in [0.05, 0.1) is 0 Å². The number of aliphatic carboxylic acids is 1. The van der Waals surface area contributed by atoms with Gasteiger partial charge in [-0.1, -0.05) is 34.9 Å². The van der Waals surface area contributed by atoms with E-state index < -0.39 is 11.5 Å². The smallest absolute Gasteiger partial charge is 0.323 e. The molecule has 0 aromatic carbocycles. The molecule has 2 N–H and O–H groups in total. The summed E-state index contributed by atoms with van der Waals surface area (Å²) in [5.74, 6) is 0.119. The fourth-order valence-corrected chi connectivity index (χ4v) is 4.29. The van der Waals surface area contributed by atoms with Crippen molar-refractivity contribution in [1.29, 1.82) is 0 Å². The quantitative estimate of drug-likeness (QED) is 0.531. The number of hydrogen-bond donors (Lipinski definition) is 2. The second-order valence-electron chi connectivity index (χ2n) is 5.05. The number of carboxylic acids is 1. The summed E-state index contributed by atoms with van der Waals surface area (Å²) < 4.78 is 1.93. The van der Waals surface area contributed by atoms with Gasteiger partial charge < -0.3 is 5.11 Å².